The minimum atomic E-state index is 0.0976. The Labute approximate surface area is 92.9 Å². The molecule has 2 heteroatoms. The summed E-state index contributed by atoms with van der Waals surface area (Å²) in [6, 6.07) is 10.2. The average molecular weight is 200 g/mol. The standard InChI is InChI=1S/C13H17BO/c1-3-7-13(15-10-11(2)14)12-8-5-4-6-9-12/h3-6,8-9,13H,1-2,7,10,14H2. The highest BCUT2D eigenvalue weighted by Crippen LogP contribution is 2.21. The summed E-state index contributed by atoms with van der Waals surface area (Å²) in [5.74, 6) is 0. The predicted octanol–water partition coefficient (Wildman–Crippen LogP) is 2.47. The van der Waals surface area contributed by atoms with Crippen LogP contribution in [0.2, 0.25) is 0 Å². The molecule has 0 amide bonds. The Bertz CT molecular complexity index is 319. The van der Waals surface area contributed by atoms with Crippen LogP contribution in [-0.4, -0.2) is 14.5 Å². The first-order chi connectivity index (χ1) is 7.24. The monoisotopic (exact) mass is 200 g/mol. The molecule has 15 heavy (non-hydrogen) atoms. The quantitative estimate of drug-likeness (QED) is 0.506. The SMILES string of the molecule is BC(=C)COC(CC=C)c1ccccc1. The van der Waals surface area contributed by atoms with E-state index >= 15 is 0 Å². The number of ether oxygens (including phenoxy) is 1. The normalized spacial score (nSPS) is 12.0. The lowest BCUT2D eigenvalue weighted by molar-refractivity contribution is 0.0748. The summed E-state index contributed by atoms with van der Waals surface area (Å²) in [4.78, 5) is 0. The van der Waals surface area contributed by atoms with E-state index in [1.54, 1.807) is 0 Å². The molecular weight excluding hydrogens is 183 g/mol. The number of benzene rings is 1. The van der Waals surface area contributed by atoms with Crippen molar-refractivity contribution in [2.45, 2.75) is 12.5 Å². The highest BCUT2D eigenvalue weighted by Gasteiger charge is 2.09. The van der Waals surface area contributed by atoms with Crippen LogP contribution in [0.3, 0.4) is 0 Å². The maximum absolute atomic E-state index is 5.76. The second kappa shape index (κ2) is 6.25. The van der Waals surface area contributed by atoms with Gasteiger partial charge in [0.25, 0.3) is 0 Å². The average Bonchev–Trinajstić information content (AvgIpc) is 2.25. The van der Waals surface area contributed by atoms with E-state index in [0.29, 0.717) is 6.61 Å². The van der Waals surface area contributed by atoms with Crippen molar-refractivity contribution in [1.29, 1.82) is 0 Å². The molecule has 1 rings (SSSR count). The molecule has 0 aromatic heterocycles. The van der Waals surface area contributed by atoms with Gasteiger partial charge in [0.15, 0.2) is 0 Å². The summed E-state index contributed by atoms with van der Waals surface area (Å²) in [6.45, 7) is 8.19. The largest absolute Gasteiger partial charge is 0.370 e. The Morgan fingerprint density at radius 2 is 2.07 bits per heavy atom. The van der Waals surface area contributed by atoms with Gasteiger partial charge in [0.05, 0.1) is 12.7 Å². The van der Waals surface area contributed by atoms with Gasteiger partial charge in [-0.1, -0.05) is 41.9 Å². The fourth-order valence-electron chi connectivity index (χ4n) is 1.36. The van der Waals surface area contributed by atoms with Crippen LogP contribution >= 0.6 is 0 Å². The van der Waals surface area contributed by atoms with Crippen molar-refractivity contribution in [2.75, 3.05) is 6.61 Å². The van der Waals surface area contributed by atoms with Crippen molar-refractivity contribution >= 4 is 7.85 Å². The predicted molar refractivity (Wildman–Crippen MR) is 67.6 cm³/mol. The molecule has 0 aliphatic rings. The fraction of sp³-hybridized carbons (Fsp3) is 0.231. The molecule has 1 aromatic rings. The molecule has 0 heterocycles. The number of rotatable bonds is 6. The smallest absolute Gasteiger partial charge is 0.136 e. The molecule has 0 bridgehead atoms. The van der Waals surface area contributed by atoms with E-state index in [1.807, 2.05) is 32.1 Å². The molecule has 0 saturated heterocycles. The van der Waals surface area contributed by atoms with Crippen LogP contribution in [0.15, 0.2) is 55.0 Å². The van der Waals surface area contributed by atoms with Crippen LogP contribution in [0, 0.1) is 0 Å². The minimum absolute atomic E-state index is 0.0976. The maximum Gasteiger partial charge on any atom is 0.136 e. The highest BCUT2D eigenvalue weighted by atomic mass is 16.5. The van der Waals surface area contributed by atoms with E-state index in [0.717, 1.165) is 11.9 Å². The molecule has 0 fully saturated rings. The molecule has 1 aromatic carbocycles. The molecule has 0 aliphatic carbocycles. The van der Waals surface area contributed by atoms with Crippen molar-refractivity contribution in [3.63, 3.8) is 0 Å². The number of hydrogen-bond donors (Lipinski definition) is 0. The lowest BCUT2D eigenvalue weighted by atomic mass is 9.99. The summed E-state index contributed by atoms with van der Waals surface area (Å²) in [7, 11) is 1.97. The van der Waals surface area contributed by atoms with Gasteiger partial charge in [-0.3, -0.25) is 0 Å². The Hall–Kier alpha value is -1.28. The van der Waals surface area contributed by atoms with Gasteiger partial charge in [-0.15, -0.1) is 13.2 Å². The number of hydrogen-bond acceptors (Lipinski definition) is 1. The van der Waals surface area contributed by atoms with Gasteiger partial charge in [0.2, 0.25) is 0 Å². The molecule has 1 nitrogen and oxygen atoms in total. The molecule has 0 N–H and O–H groups in total. The maximum atomic E-state index is 5.76. The summed E-state index contributed by atoms with van der Waals surface area (Å²) >= 11 is 0. The zero-order chi connectivity index (χ0) is 11.1. The van der Waals surface area contributed by atoms with Crippen LogP contribution in [-0.2, 0) is 4.74 Å². The van der Waals surface area contributed by atoms with Gasteiger partial charge in [0, 0.05) is 0 Å². The van der Waals surface area contributed by atoms with Gasteiger partial charge in [-0.05, 0) is 12.0 Å². The topological polar surface area (TPSA) is 9.23 Å². The van der Waals surface area contributed by atoms with Crippen molar-refractivity contribution in [3.05, 3.63) is 60.6 Å². The lowest BCUT2D eigenvalue weighted by Crippen LogP contribution is -2.06. The van der Waals surface area contributed by atoms with Crippen LogP contribution in [0.1, 0.15) is 18.1 Å². The second-order valence-electron chi connectivity index (χ2n) is 3.69. The van der Waals surface area contributed by atoms with Crippen LogP contribution in [0.4, 0.5) is 0 Å². The van der Waals surface area contributed by atoms with Gasteiger partial charge in [-0.25, -0.2) is 0 Å². The third-order valence-corrected chi connectivity index (χ3v) is 2.08. The van der Waals surface area contributed by atoms with Crippen molar-refractivity contribution < 1.29 is 4.74 Å². The van der Waals surface area contributed by atoms with E-state index in [-0.39, 0.29) is 6.10 Å². The fourth-order valence-corrected chi connectivity index (χ4v) is 1.36. The molecular formula is C13H17BO. The molecule has 0 radical (unpaired) electrons. The van der Waals surface area contributed by atoms with Gasteiger partial charge >= 0.3 is 0 Å². The Balaban J connectivity index is 2.65. The van der Waals surface area contributed by atoms with Crippen molar-refractivity contribution in [3.8, 4) is 0 Å². The Kier molecular flexibility index (Phi) is 4.92. The molecule has 78 valence electrons. The van der Waals surface area contributed by atoms with Crippen LogP contribution in [0.25, 0.3) is 0 Å². The molecule has 0 aliphatic heterocycles. The second-order valence-corrected chi connectivity index (χ2v) is 3.69. The first kappa shape index (κ1) is 11.8. The Morgan fingerprint density at radius 3 is 2.60 bits per heavy atom. The lowest BCUT2D eigenvalue weighted by Gasteiger charge is -2.16. The molecule has 0 saturated carbocycles. The Morgan fingerprint density at radius 1 is 1.40 bits per heavy atom. The van der Waals surface area contributed by atoms with Gasteiger partial charge < -0.3 is 4.74 Å². The van der Waals surface area contributed by atoms with Crippen LogP contribution in [0.5, 0.6) is 0 Å². The summed E-state index contributed by atoms with van der Waals surface area (Å²) in [5.41, 5.74) is 2.23. The first-order valence-electron chi connectivity index (χ1n) is 5.16. The van der Waals surface area contributed by atoms with E-state index < -0.39 is 0 Å². The first-order valence-corrected chi connectivity index (χ1v) is 5.16. The molecule has 0 spiro atoms. The zero-order valence-corrected chi connectivity index (χ0v) is 9.28. The summed E-state index contributed by atoms with van der Waals surface area (Å²) < 4.78 is 5.76. The molecule has 1 unspecified atom stereocenters. The van der Waals surface area contributed by atoms with E-state index in [4.69, 9.17) is 4.74 Å². The summed E-state index contributed by atoms with van der Waals surface area (Å²) in [6.07, 6.45) is 2.81. The van der Waals surface area contributed by atoms with Crippen LogP contribution < -0.4 is 0 Å². The van der Waals surface area contributed by atoms with E-state index in [2.05, 4.69) is 25.3 Å². The third kappa shape index (κ3) is 4.17. The minimum Gasteiger partial charge on any atom is -0.370 e. The van der Waals surface area contributed by atoms with Gasteiger partial charge in [-0.2, -0.15) is 0 Å². The van der Waals surface area contributed by atoms with E-state index in [9.17, 15) is 0 Å². The van der Waals surface area contributed by atoms with E-state index in [1.165, 1.54) is 5.56 Å². The zero-order valence-electron chi connectivity index (χ0n) is 9.28. The third-order valence-electron chi connectivity index (χ3n) is 2.08. The van der Waals surface area contributed by atoms with Gasteiger partial charge in [0.1, 0.15) is 7.85 Å². The molecule has 1 atom stereocenters. The summed E-state index contributed by atoms with van der Waals surface area (Å²) in [5, 5.41) is 0. The highest BCUT2D eigenvalue weighted by molar-refractivity contribution is 6.21. The van der Waals surface area contributed by atoms with Crippen molar-refractivity contribution in [2.24, 2.45) is 0 Å². The van der Waals surface area contributed by atoms with Crippen molar-refractivity contribution in [1.82, 2.24) is 0 Å².